The molecule has 2 fully saturated rings. The number of nitrogens with one attached hydrogen (secondary N) is 2. The van der Waals surface area contributed by atoms with E-state index in [2.05, 4.69) is 37.4 Å². The number of benzene rings is 2. The molecule has 200 valence electrons. The summed E-state index contributed by atoms with van der Waals surface area (Å²) in [5, 5.41) is 11.5. The maximum absolute atomic E-state index is 12.7. The number of hydrogen-bond acceptors (Lipinski definition) is 8. The minimum Gasteiger partial charge on any atom is -0.457 e. The Bertz CT molecular complexity index is 1450. The number of likely N-dealkylation sites (tertiary alicyclic amines) is 1. The number of carbonyl (C=O) groups is 1. The summed E-state index contributed by atoms with van der Waals surface area (Å²) in [4.78, 5) is 25.5. The Morgan fingerprint density at radius 1 is 1.05 bits per heavy atom. The second-order valence-corrected chi connectivity index (χ2v) is 9.95. The van der Waals surface area contributed by atoms with Gasteiger partial charge in [-0.25, -0.2) is 9.97 Å². The lowest BCUT2D eigenvalue weighted by Crippen LogP contribution is -2.30. The van der Waals surface area contributed by atoms with Crippen molar-refractivity contribution in [2.24, 2.45) is 0 Å². The van der Waals surface area contributed by atoms with Crippen LogP contribution in [0.4, 0.5) is 5.82 Å². The van der Waals surface area contributed by atoms with Gasteiger partial charge in [-0.3, -0.25) is 14.8 Å². The molecule has 1 aliphatic heterocycles. The van der Waals surface area contributed by atoms with Gasteiger partial charge in [-0.1, -0.05) is 24.3 Å². The number of carbonyl (C=O) groups excluding carboxylic acids is 1. The van der Waals surface area contributed by atoms with E-state index in [1.807, 2.05) is 65.6 Å². The van der Waals surface area contributed by atoms with Crippen LogP contribution in [0.1, 0.15) is 19.3 Å². The zero-order chi connectivity index (χ0) is 26.6. The highest BCUT2D eigenvalue weighted by Crippen LogP contribution is 2.33. The number of anilines is 1. The summed E-state index contributed by atoms with van der Waals surface area (Å²) in [6.45, 7) is 2.10. The molecule has 1 saturated carbocycles. The van der Waals surface area contributed by atoms with Crippen LogP contribution in [-0.4, -0.2) is 74.6 Å². The number of amides is 1. The predicted octanol–water partition coefficient (Wildman–Crippen LogP) is 4.60. The summed E-state index contributed by atoms with van der Waals surface area (Å²) < 4.78 is 12.0. The van der Waals surface area contributed by atoms with E-state index >= 15 is 0 Å². The molecule has 1 aliphatic carbocycles. The molecule has 2 aromatic carbocycles. The van der Waals surface area contributed by atoms with E-state index < -0.39 is 0 Å². The van der Waals surface area contributed by atoms with Crippen LogP contribution in [0.2, 0.25) is 0 Å². The fourth-order valence-corrected chi connectivity index (χ4v) is 4.69. The first kappa shape index (κ1) is 24.9. The first-order chi connectivity index (χ1) is 19.1. The summed E-state index contributed by atoms with van der Waals surface area (Å²) in [6.07, 6.45) is 8.43. The van der Waals surface area contributed by atoms with E-state index in [4.69, 9.17) is 9.47 Å². The molecule has 1 unspecified atom stereocenters. The van der Waals surface area contributed by atoms with E-state index in [-0.39, 0.29) is 11.9 Å². The molecule has 0 spiro atoms. The molecular formula is C29H31N7O3. The van der Waals surface area contributed by atoms with E-state index in [0.717, 1.165) is 18.7 Å². The lowest BCUT2D eigenvalue weighted by Gasteiger charge is -2.16. The molecule has 6 rings (SSSR count). The van der Waals surface area contributed by atoms with Crippen LogP contribution >= 0.6 is 0 Å². The van der Waals surface area contributed by atoms with Crippen molar-refractivity contribution in [1.82, 2.24) is 30.0 Å². The third kappa shape index (κ3) is 6.01. The zero-order valence-electron chi connectivity index (χ0n) is 21.8. The molecule has 10 nitrogen and oxygen atoms in total. The van der Waals surface area contributed by atoms with Crippen LogP contribution < -0.4 is 14.8 Å². The molecule has 2 aromatic heterocycles. The van der Waals surface area contributed by atoms with Gasteiger partial charge in [0.2, 0.25) is 11.8 Å². The standard InChI is InChI=1S/C29H31N7O3/c1-35(21-9-10-21)16-5-8-25(37)36-17-15-20(18-36)32-28-26-27(33-34-28)30-19-31-29(26)39-24-13-11-23(12-14-24)38-22-6-3-2-4-7-22/h2-8,11-14,19-21H,9-10,15-18H2,1H3,(H2,30,31,32,33,34). The predicted molar refractivity (Wildman–Crippen MR) is 148 cm³/mol. The van der Waals surface area contributed by atoms with Gasteiger partial charge in [0.25, 0.3) is 0 Å². The van der Waals surface area contributed by atoms with Crippen LogP contribution in [-0.2, 0) is 4.79 Å². The number of rotatable bonds is 10. The van der Waals surface area contributed by atoms with Crippen LogP contribution in [0, 0.1) is 0 Å². The summed E-state index contributed by atoms with van der Waals surface area (Å²) in [7, 11) is 2.10. The Labute approximate surface area is 226 Å². The molecule has 1 atom stereocenters. The Hall–Kier alpha value is -4.44. The maximum atomic E-state index is 12.7. The van der Waals surface area contributed by atoms with E-state index in [0.29, 0.717) is 53.4 Å². The van der Waals surface area contributed by atoms with E-state index in [1.54, 1.807) is 6.08 Å². The smallest absolute Gasteiger partial charge is 0.246 e. The van der Waals surface area contributed by atoms with Gasteiger partial charge in [0.1, 0.15) is 29.0 Å². The zero-order valence-corrected chi connectivity index (χ0v) is 21.8. The van der Waals surface area contributed by atoms with Crippen LogP contribution in [0.25, 0.3) is 11.0 Å². The summed E-state index contributed by atoms with van der Waals surface area (Å²) >= 11 is 0. The van der Waals surface area contributed by atoms with Crippen LogP contribution in [0.15, 0.2) is 73.1 Å². The highest BCUT2D eigenvalue weighted by atomic mass is 16.5. The largest absolute Gasteiger partial charge is 0.457 e. The topological polar surface area (TPSA) is 109 Å². The number of aromatic amines is 1. The van der Waals surface area contributed by atoms with E-state index in [9.17, 15) is 4.79 Å². The minimum absolute atomic E-state index is 0.0439. The van der Waals surface area contributed by atoms with Gasteiger partial charge in [0, 0.05) is 37.8 Å². The average molecular weight is 526 g/mol. The van der Waals surface area contributed by atoms with Crippen LogP contribution in [0.3, 0.4) is 0 Å². The normalized spacial score (nSPS) is 17.3. The summed E-state index contributed by atoms with van der Waals surface area (Å²) in [5.74, 6) is 3.12. The second-order valence-electron chi connectivity index (χ2n) is 9.95. The molecule has 39 heavy (non-hydrogen) atoms. The SMILES string of the molecule is CN(CC=CC(=O)N1CCC(Nc2n[nH]c3ncnc(Oc4ccc(Oc5ccccc5)cc4)c23)C1)C1CC1. The number of nitrogens with zero attached hydrogens (tertiary/aromatic N) is 5. The van der Waals surface area contributed by atoms with Gasteiger partial charge in [0.15, 0.2) is 11.5 Å². The van der Waals surface area contributed by atoms with E-state index in [1.165, 1.54) is 19.2 Å². The van der Waals surface area contributed by atoms with Crippen molar-refractivity contribution in [2.75, 3.05) is 32.0 Å². The molecule has 0 radical (unpaired) electrons. The minimum atomic E-state index is 0.0439. The van der Waals surface area contributed by atoms with Crippen molar-refractivity contribution in [3.63, 3.8) is 0 Å². The lowest BCUT2D eigenvalue weighted by atomic mass is 10.2. The quantitative estimate of drug-likeness (QED) is 0.289. The number of H-pyrrole nitrogens is 1. The monoisotopic (exact) mass is 525 g/mol. The molecule has 1 saturated heterocycles. The van der Waals surface area contributed by atoms with Gasteiger partial charge >= 0.3 is 0 Å². The average Bonchev–Trinajstić information content (AvgIpc) is 3.57. The Morgan fingerprint density at radius 3 is 2.56 bits per heavy atom. The number of likely N-dealkylation sites (N-methyl/N-ethyl adjacent to an activating group) is 1. The first-order valence-corrected chi connectivity index (χ1v) is 13.2. The van der Waals surface area contributed by atoms with Gasteiger partial charge in [-0.15, -0.1) is 0 Å². The summed E-state index contributed by atoms with van der Waals surface area (Å²) in [6, 6.07) is 17.7. The number of ether oxygens (including phenoxy) is 2. The number of fused-ring (bicyclic) bond motifs is 1. The molecule has 0 bridgehead atoms. The molecule has 2 N–H and O–H groups in total. The lowest BCUT2D eigenvalue weighted by molar-refractivity contribution is -0.125. The molecule has 1 amide bonds. The Morgan fingerprint density at radius 2 is 1.79 bits per heavy atom. The number of aromatic nitrogens is 4. The fourth-order valence-electron chi connectivity index (χ4n) is 4.69. The van der Waals surface area contributed by atoms with Crippen LogP contribution in [0.5, 0.6) is 23.1 Å². The number of hydrogen-bond donors (Lipinski definition) is 2. The molecular weight excluding hydrogens is 494 g/mol. The molecule has 2 aliphatic rings. The summed E-state index contributed by atoms with van der Waals surface area (Å²) in [5.41, 5.74) is 0.570. The second kappa shape index (κ2) is 11.1. The van der Waals surface area contributed by atoms with Crippen molar-refractivity contribution in [2.45, 2.75) is 31.3 Å². The maximum Gasteiger partial charge on any atom is 0.246 e. The Kier molecular flexibility index (Phi) is 7.09. The molecule has 3 heterocycles. The number of para-hydroxylation sites is 1. The van der Waals surface area contributed by atoms with Crippen molar-refractivity contribution in [3.8, 4) is 23.1 Å². The van der Waals surface area contributed by atoms with Crippen molar-refractivity contribution in [1.29, 1.82) is 0 Å². The van der Waals surface area contributed by atoms with Gasteiger partial charge in [-0.2, -0.15) is 5.10 Å². The highest BCUT2D eigenvalue weighted by molar-refractivity contribution is 5.92. The third-order valence-electron chi connectivity index (χ3n) is 7.00. The van der Waals surface area contributed by atoms with Gasteiger partial charge < -0.3 is 19.7 Å². The fraction of sp³-hybridized carbons (Fsp3) is 0.310. The van der Waals surface area contributed by atoms with Gasteiger partial charge in [0.05, 0.1) is 0 Å². The van der Waals surface area contributed by atoms with Crippen molar-refractivity contribution < 1.29 is 14.3 Å². The van der Waals surface area contributed by atoms with Crippen molar-refractivity contribution in [3.05, 3.63) is 73.1 Å². The molecule has 10 heteroatoms. The van der Waals surface area contributed by atoms with Gasteiger partial charge in [-0.05, 0) is 62.7 Å². The highest BCUT2D eigenvalue weighted by Gasteiger charge is 2.28. The van der Waals surface area contributed by atoms with Crippen molar-refractivity contribution >= 4 is 22.8 Å². The first-order valence-electron chi connectivity index (χ1n) is 13.2. The third-order valence-corrected chi connectivity index (χ3v) is 7.00. The molecule has 4 aromatic rings. The Balaban J connectivity index is 1.09.